The van der Waals surface area contributed by atoms with Crippen LogP contribution in [-0.2, 0) is 0 Å². The minimum Gasteiger partial charge on any atom is -0.496 e. The minimum absolute atomic E-state index is 0.0498. The lowest BCUT2D eigenvalue weighted by atomic mass is 10.1. The van der Waals surface area contributed by atoms with E-state index >= 15 is 0 Å². The summed E-state index contributed by atoms with van der Waals surface area (Å²) in [6, 6.07) is 2.29. The van der Waals surface area contributed by atoms with Gasteiger partial charge in [-0.05, 0) is 12.5 Å². The summed E-state index contributed by atoms with van der Waals surface area (Å²) in [5.74, 6) is -1.25. The maximum Gasteiger partial charge on any atom is 0.162 e. The highest BCUT2D eigenvalue weighted by atomic mass is 19.2. The normalized spacial score (nSPS) is 24.9. The Labute approximate surface area is 80.7 Å². The highest BCUT2D eigenvalue weighted by molar-refractivity contribution is 5.41. The summed E-state index contributed by atoms with van der Waals surface area (Å²) in [5.41, 5.74) is 6.30. The molecule has 14 heavy (non-hydrogen) atoms. The molecular formula is C10H11F2NO. The van der Waals surface area contributed by atoms with Crippen LogP contribution in [0.25, 0.3) is 0 Å². The summed E-state index contributed by atoms with van der Waals surface area (Å²) < 4.78 is 30.7. The van der Waals surface area contributed by atoms with Gasteiger partial charge in [0.2, 0.25) is 0 Å². The molecule has 1 aliphatic carbocycles. The zero-order chi connectivity index (χ0) is 10.3. The van der Waals surface area contributed by atoms with Gasteiger partial charge >= 0.3 is 0 Å². The fourth-order valence-corrected chi connectivity index (χ4v) is 1.58. The van der Waals surface area contributed by atoms with E-state index in [4.69, 9.17) is 10.5 Å². The van der Waals surface area contributed by atoms with Gasteiger partial charge in [0.25, 0.3) is 0 Å². The van der Waals surface area contributed by atoms with Crippen LogP contribution in [0.2, 0.25) is 0 Å². The summed E-state index contributed by atoms with van der Waals surface area (Å²) in [7, 11) is 1.43. The number of nitrogens with two attached hydrogens (primary N) is 1. The molecule has 1 aliphatic rings. The minimum atomic E-state index is -0.889. The standard InChI is InChI=1S/C10H11F2NO/c1-14-10-4-8(12)7(11)2-6(10)5-3-9(5)13/h2,4-5,9H,3,13H2,1H3/t5-,9+/m0/s1. The van der Waals surface area contributed by atoms with Crippen LogP contribution in [0.4, 0.5) is 8.78 Å². The van der Waals surface area contributed by atoms with E-state index in [0.717, 1.165) is 12.5 Å². The van der Waals surface area contributed by atoms with Crippen molar-refractivity contribution in [2.75, 3.05) is 7.11 Å². The molecule has 2 N–H and O–H groups in total. The average Bonchev–Trinajstić information content (AvgIpc) is 2.87. The van der Waals surface area contributed by atoms with Crippen molar-refractivity contribution in [3.8, 4) is 5.75 Å². The molecule has 0 spiro atoms. The van der Waals surface area contributed by atoms with Gasteiger partial charge in [-0.15, -0.1) is 0 Å². The fraction of sp³-hybridized carbons (Fsp3) is 0.400. The van der Waals surface area contributed by atoms with E-state index in [1.165, 1.54) is 13.2 Å². The van der Waals surface area contributed by atoms with Crippen LogP contribution >= 0.6 is 0 Å². The molecule has 76 valence electrons. The van der Waals surface area contributed by atoms with Gasteiger partial charge in [0.1, 0.15) is 5.75 Å². The van der Waals surface area contributed by atoms with Gasteiger partial charge in [-0.2, -0.15) is 0 Å². The molecule has 2 rings (SSSR count). The third kappa shape index (κ3) is 1.46. The van der Waals surface area contributed by atoms with Crippen molar-refractivity contribution in [1.82, 2.24) is 0 Å². The molecular weight excluding hydrogens is 188 g/mol. The Balaban J connectivity index is 2.42. The van der Waals surface area contributed by atoms with Crippen molar-refractivity contribution in [3.05, 3.63) is 29.3 Å². The van der Waals surface area contributed by atoms with Crippen molar-refractivity contribution in [2.24, 2.45) is 5.73 Å². The van der Waals surface area contributed by atoms with Crippen molar-refractivity contribution in [3.63, 3.8) is 0 Å². The Morgan fingerprint density at radius 3 is 2.43 bits per heavy atom. The summed E-state index contributed by atoms with van der Waals surface area (Å²) in [6.45, 7) is 0. The van der Waals surface area contributed by atoms with E-state index in [9.17, 15) is 8.78 Å². The van der Waals surface area contributed by atoms with Crippen LogP contribution in [0, 0.1) is 11.6 Å². The van der Waals surface area contributed by atoms with Crippen LogP contribution in [0.1, 0.15) is 17.9 Å². The quantitative estimate of drug-likeness (QED) is 0.788. The molecule has 1 aromatic carbocycles. The van der Waals surface area contributed by atoms with Crippen molar-refractivity contribution in [2.45, 2.75) is 18.4 Å². The van der Waals surface area contributed by atoms with Gasteiger partial charge in [-0.3, -0.25) is 0 Å². The molecule has 0 amide bonds. The molecule has 0 saturated heterocycles. The molecule has 0 radical (unpaired) electrons. The Morgan fingerprint density at radius 1 is 1.36 bits per heavy atom. The second-order valence-electron chi connectivity index (χ2n) is 3.51. The number of hydrogen-bond acceptors (Lipinski definition) is 2. The lowest BCUT2D eigenvalue weighted by Crippen LogP contribution is -2.03. The first kappa shape index (κ1) is 9.40. The van der Waals surface area contributed by atoms with Crippen LogP contribution in [-0.4, -0.2) is 13.2 Å². The first-order valence-corrected chi connectivity index (χ1v) is 4.42. The van der Waals surface area contributed by atoms with E-state index in [1.807, 2.05) is 0 Å². The van der Waals surface area contributed by atoms with Crippen molar-refractivity contribution in [1.29, 1.82) is 0 Å². The molecule has 4 heteroatoms. The maximum absolute atomic E-state index is 12.9. The van der Waals surface area contributed by atoms with Crippen LogP contribution < -0.4 is 10.5 Å². The zero-order valence-electron chi connectivity index (χ0n) is 7.76. The molecule has 1 aromatic rings. The van der Waals surface area contributed by atoms with Gasteiger partial charge in [0.15, 0.2) is 11.6 Å². The summed E-state index contributed by atoms with van der Waals surface area (Å²) in [6.07, 6.45) is 0.807. The molecule has 0 heterocycles. The van der Waals surface area contributed by atoms with E-state index in [2.05, 4.69) is 0 Å². The lowest BCUT2D eigenvalue weighted by molar-refractivity contribution is 0.400. The zero-order valence-corrected chi connectivity index (χ0v) is 7.76. The second-order valence-corrected chi connectivity index (χ2v) is 3.51. The first-order valence-electron chi connectivity index (χ1n) is 4.42. The Hall–Kier alpha value is -1.16. The van der Waals surface area contributed by atoms with E-state index in [1.54, 1.807) is 0 Å². The van der Waals surface area contributed by atoms with Crippen LogP contribution in [0.15, 0.2) is 12.1 Å². The predicted molar refractivity (Wildman–Crippen MR) is 48.2 cm³/mol. The summed E-state index contributed by atoms with van der Waals surface area (Å²) in [4.78, 5) is 0. The molecule has 0 aromatic heterocycles. The Bertz CT molecular complexity index is 367. The van der Waals surface area contributed by atoms with Gasteiger partial charge in [-0.1, -0.05) is 0 Å². The average molecular weight is 199 g/mol. The monoisotopic (exact) mass is 199 g/mol. The van der Waals surface area contributed by atoms with Gasteiger partial charge in [0.05, 0.1) is 7.11 Å². The second kappa shape index (κ2) is 3.20. The molecule has 2 nitrogen and oxygen atoms in total. The van der Waals surface area contributed by atoms with E-state index in [0.29, 0.717) is 11.3 Å². The maximum atomic E-state index is 12.9. The number of ether oxygens (including phenoxy) is 1. The number of benzene rings is 1. The summed E-state index contributed by atoms with van der Waals surface area (Å²) >= 11 is 0. The molecule has 1 fully saturated rings. The third-order valence-corrected chi connectivity index (χ3v) is 2.51. The predicted octanol–water partition coefficient (Wildman–Crippen LogP) is 1.79. The molecule has 0 aliphatic heterocycles. The first-order chi connectivity index (χ1) is 6.63. The van der Waals surface area contributed by atoms with Gasteiger partial charge in [-0.25, -0.2) is 8.78 Å². The van der Waals surface area contributed by atoms with Gasteiger partial charge < -0.3 is 10.5 Å². The van der Waals surface area contributed by atoms with Crippen molar-refractivity contribution >= 4 is 0 Å². The highest BCUT2D eigenvalue weighted by Crippen LogP contribution is 2.43. The van der Waals surface area contributed by atoms with E-state index < -0.39 is 11.6 Å². The smallest absolute Gasteiger partial charge is 0.162 e. The molecule has 2 atom stereocenters. The van der Waals surface area contributed by atoms with Crippen LogP contribution in [0.3, 0.4) is 0 Å². The number of halogens is 2. The largest absolute Gasteiger partial charge is 0.496 e. The molecule has 1 saturated carbocycles. The van der Waals surface area contributed by atoms with E-state index in [-0.39, 0.29) is 12.0 Å². The number of rotatable bonds is 2. The molecule has 0 unspecified atom stereocenters. The lowest BCUT2D eigenvalue weighted by Gasteiger charge is -2.08. The number of hydrogen-bond donors (Lipinski definition) is 1. The van der Waals surface area contributed by atoms with Crippen molar-refractivity contribution < 1.29 is 13.5 Å². The highest BCUT2D eigenvalue weighted by Gasteiger charge is 2.37. The van der Waals surface area contributed by atoms with Crippen LogP contribution in [0.5, 0.6) is 5.75 Å². The Kier molecular flexibility index (Phi) is 2.15. The third-order valence-electron chi connectivity index (χ3n) is 2.51. The topological polar surface area (TPSA) is 35.2 Å². The Morgan fingerprint density at radius 2 is 1.93 bits per heavy atom. The SMILES string of the molecule is COc1cc(F)c(F)cc1[C@@H]1C[C@H]1N. The summed E-state index contributed by atoms with van der Waals surface area (Å²) in [5, 5.41) is 0. The fourth-order valence-electron chi connectivity index (χ4n) is 1.58. The number of methoxy groups -OCH3 is 1. The van der Waals surface area contributed by atoms with Gasteiger partial charge in [0, 0.05) is 23.6 Å². The molecule has 0 bridgehead atoms.